The minimum Gasteiger partial charge on any atom is -0.493 e. The van der Waals surface area contributed by atoms with E-state index in [-0.39, 0.29) is 5.56 Å². The van der Waals surface area contributed by atoms with Crippen LogP contribution >= 0.6 is 11.8 Å². The molecule has 29 heavy (non-hydrogen) atoms. The summed E-state index contributed by atoms with van der Waals surface area (Å²) in [6, 6.07) is 7.08. The molecule has 0 radical (unpaired) electrons. The second-order valence-corrected chi connectivity index (χ2v) is 7.07. The van der Waals surface area contributed by atoms with Gasteiger partial charge in [-0.2, -0.15) is 0 Å². The fourth-order valence-corrected chi connectivity index (χ4v) is 3.69. The lowest BCUT2D eigenvalue weighted by Gasteiger charge is -2.09. The quantitative estimate of drug-likeness (QED) is 0.483. The van der Waals surface area contributed by atoms with E-state index in [4.69, 9.17) is 9.47 Å². The molecule has 0 saturated heterocycles. The molecule has 0 unspecified atom stereocenters. The van der Waals surface area contributed by atoms with Crippen LogP contribution in [-0.2, 0) is 12.8 Å². The van der Waals surface area contributed by atoms with Crippen molar-refractivity contribution in [2.24, 2.45) is 7.05 Å². The molecule has 9 nitrogen and oxygen atoms in total. The molecule has 0 fully saturated rings. The van der Waals surface area contributed by atoms with Gasteiger partial charge < -0.3 is 19.0 Å². The number of pyridine rings is 1. The summed E-state index contributed by atoms with van der Waals surface area (Å²) >= 11 is 1.44. The molecule has 0 bridgehead atoms. The van der Waals surface area contributed by atoms with Crippen molar-refractivity contribution in [2.45, 2.75) is 10.9 Å². The fraction of sp³-hybridized carbons (Fsp3) is 0.211. The number of benzene rings is 1. The average Bonchev–Trinajstić information content (AvgIpc) is 3.12. The first-order valence-electron chi connectivity index (χ1n) is 8.68. The summed E-state index contributed by atoms with van der Waals surface area (Å²) in [6.45, 7) is 0. The third-order valence-corrected chi connectivity index (χ3v) is 5.40. The lowest BCUT2D eigenvalue weighted by Crippen LogP contribution is -2.12. The van der Waals surface area contributed by atoms with Crippen molar-refractivity contribution in [3.63, 3.8) is 0 Å². The van der Waals surface area contributed by atoms with Gasteiger partial charge in [-0.15, -0.1) is 10.2 Å². The van der Waals surface area contributed by atoms with E-state index in [0.717, 1.165) is 11.4 Å². The van der Waals surface area contributed by atoms with Crippen molar-refractivity contribution in [3.8, 4) is 22.9 Å². The van der Waals surface area contributed by atoms with Crippen LogP contribution in [0.2, 0.25) is 0 Å². The normalized spacial score (nSPS) is 11.0. The number of hydrogen-bond donors (Lipinski definition) is 1. The minimum atomic E-state index is -0.234. The van der Waals surface area contributed by atoms with E-state index >= 15 is 0 Å². The molecule has 148 valence electrons. The van der Waals surface area contributed by atoms with E-state index in [1.165, 1.54) is 18.9 Å². The Kier molecular flexibility index (Phi) is 5.17. The molecule has 1 aromatic carbocycles. The van der Waals surface area contributed by atoms with Crippen LogP contribution in [0.1, 0.15) is 5.82 Å². The lowest BCUT2D eigenvalue weighted by atomic mass is 10.2. The van der Waals surface area contributed by atoms with Gasteiger partial charge in [0.1, 0.15) is 5.82 Å². The Labute approximate surface area is 170 Å². The number of H-pyrrole nitrogens is 1. The molecule has 0 atom stereocenters. The maximum absolute atomic E-state index is 12.5. The first-order valence-corrected chi connectivity index (χ1v) is 9.66. The van der Waals surface area contributed by atoms with E-state index in [2.05, 4.69) is 25.1 Å². The molecular weight excluding hydrogens is 392 g/mol. The molecule has 3 heterocycles. The number of hydrogen-bond acceptors (Lipinski definition) is 8. The number of aromatic nitrogens is 6. The number of nitrogens with one attached hydrogen (secondary N) is 1. The predicted octanol–water partition coefficient (Wildman–Crippen LogP) is 2.42. The Balaban J connectivity index is 1.61. The van der Waals surface area contributed by atoms with Gasteiger partial charge in [-0.25, -0.2) is 4.98 Å². The van der Waals surface area contributed by atoms with Crippen molar-refractivity contribution in [1.82, 2.24) is 29.7 Å². The topological polar surface area (TPSA) is 108 Å². The highest BCUT2D eigenvalue weighted by Crippen LogP contribution is 2.30. The maximum atomic E-state index is 12.5. The van der Waals surface area contributed by atoms with Gasteiger partial charge in [0, 0.05) is 31.1 Å². The Morgan fingerprint density at radius 2 is 1.83 bits per heavy atom. The van der Waals surface area contributed by atoms with E-state index < -0.39 is 0 Å². The summed E-state index contributed by atoms with van der Waals surface area (Å²) in [7, 11) is 4.96. The Morgan fingerprint density at radius 1 is 1.10 bits per heavy atom. The summed E-state index contributed by atoms with van der Waals surface area (Å²) in [4.78, 5) is 23.9. The van der Waals surface area contributed by atoms with Gasteiger partial charge in [0.15, 0.2) is 22.5 Å². The summed E-state index contributed by atoms with van der Waals surface area (Å²) < 4.78 is 12.5. The third-order valence-electron chi connectivity index (χ3n) is 4.37. The molecule has 0 saturated carbocycles. The standard InChI is InChI=1S/C19H18N6O3S/c1-25-17(11-4-6-20-7-5-11)23-24-19(25)29-10-16-21-13-9-15(28-3)14(27-2)8-12(13)18(26)22-16/h4-9H,10H2,1-3H3,(H,21,22,26). The number of ether oxygens (including phenoxy) is 2. The van der Waals surface area contributed by atoms with Crippen molar-refractivity contribution in [2.75, 3.05) is 14.2 Å². The highest BCUT2D eigenvalue weighted by Gasteiger charge is 2.14. The van der Waals surface area contributed by atoms with Crippen LogP contribution in [0.3, 0.4) is 0 Å². The monoisotopic (exact) mass is 410 g/mol. The van der Waals surface area contributed by atoms with Crippen molar-refractivity contribution in [1.29, 1.82) is 0 Å². The van der Waals surface area contributed by atoms with E-state index in [1.54, 1.807) is 31.6 Å². The zero-order chi connectivity index (χ0) is 20.4. The van der Waals surface area contributed by atoms with Crippen LogP contribution in [-0.4, -0.2) is 43.9 Å². The van der Waals surface area contributed by atoms with Crippen molar-refractivity contribution < 1.29 is 9.47 Å². The van der Waals surface area contributed by atoms with Crippen LogP contribution in [0.5, 0.6) is 11.5 Å². The molecule has 0 amide bonds. The summed E-state index contributed by atoms with van der Waals surface area (Å²) in [5, 5.41) is 9.64. The molecule has 1 N–H and O–H groups in total. The van der Waals surface area contributed by atoms with E-state index in [9.17, 15) is 4.79 Å². The third kappa shape index (κ3) is 3.66. The Morgan fingerprint density at radius 3 is 2.55 bits per heavy atom. The highest BCUT2D eigenvalue weighted by molar-refractivity contribution is 7.98. The second-order valence-electron chi connectivity index (χ2n) is 6.13. The lowest BCUT2D eigenvalue weighted by molar-refractivity contribution is 0.355. The zero-order valence-electron chi connectivity index (χ0n) is 16.0. The van der Waals surface area contributed by atoms with E-state index in [0.29, 0.717) is 39.1 Å². The summed E-state index contributed by atoms with van der Waals surface area (Å²) in [5.74, 6) is 2.71. The number of rotatable bonds is 6. The van der Waals surface area contributed by atoms with Gasteiger partial charge in [0.05, 0.1) is 30.9 Å². The number of fused-ring (bicyclic) bond motifs is 1. The molecule has 3 aromatic heterocycles. The van der Waals surface area contributed by atoms with Gasteiger partial charge in [-0.1, -0.05) is 11.8 Å². The van der Waals surface area contributed by atoms with Gasteiger partial charge in [-0.3, -0.25) is 9.78 Å². The van der Waals surface area contributed by atoms with Crippen LogP contribution in [0.25, 0.3) is 22.3 Å². The van der Waals surface area contributed by atoms with Gasteiger partial charge in [0.2, 0.25) is 0 Å². The largest absolute Gasteiger partial charge is 0.493 e. The van der Waals surface area contributed by atoms with Crippen LogP contribution in [0.4, 0.5) is 0 Å². The smallest absolute Gasteiger partial charge is 0.258 e. The Bertz CT molecular complexity index is 1220. The van der Waals surface area contributed by atoms with Gasteiger partial charge in [-0.05, 0) is 18.2 Å². The van der Waals surface area contributed by atoms with Crippen molar-refractivity contribution >= 4 is 22.7 Å². The van der Waals surface area contributed by atoms with Crippen LogP contribution < -0.4 is 15.0 Å². The average molecular weight is 410 g/mol. The Hall–Kier alpha value is -3.40. The molecular formula is C19H18N6O3S. The summed E-state index contributed by atoms with van der Waals surface area (Å²) in [6.07, 6.45) is 3.42. The number of methoxy groups -OCH3 is 2. The first kappa shape index (κ1) is 18.9. The molecule has 0 aliphatic rings. The summed E-state index contributed by atoms with van der Waals surface area (Å²) in [5.41, 5.74) is 1.24. The number of aromatic amines is 1. The van der Waals surface area contributed by atoms with E-state index in [1.807, 2.05) is 23.7 Å². The van der Waals surface area contributed by atoms with Crippen LogP contribution in [0, 0.1) is 0 Å². The SMILES string of the molecule is COc1cc2nc(CSc3nnc(-c4ccncc4)n3C)[nH]c(=O)c2cc1OC. The van der Waals surface area contributed by atoms with Gasteiger partial charge >= 0.3 is 0 Å². The number of thioether (sulfide) groups is 1. The van der Waals surface area contributed by atoms with Gasteiger partial charge in [0.25, 0.3) is 5.56 Å². The molecule has 0 spiro atoms. The number of nitrogens with zero attached hydrogens (tertiary/aromatic N) is 5. The maximum Gasteiger partial charge on any atom is 0.258 e. The molecule has 10 heteroatoms. The molecule has 0 aliphatic heterocycles. The fourth-order valence-electron chi connectivity index (χ4n) is 2.91. The second kappa shape index (κ2) is 7.92. The predicted molar refractivity (Wildman–Crippen MR) is 109 cm³/mol. The zero-order valence-corrected chi connectivity index (χ0v) is 16.9. The van der Waals surface area contributed by atoms with Crippen LogP contribution in [0.15, 0.2) is 46.6 Å². The highest BCUT2D eigenvalue weighted by atomic mass is 32.2. The molecule has 4 rings (SSSR count). The molecule has 4 aromatic rings. The minimum absolute atomic E-state index is 0.234. The molecule has 0 aliphatic carbocycles. The first-order chi connectivity index (χ1) is 14.1. The van der Waals surface area contributed by atoms with Crippen molar-refractivity contribution in [3.05, 3.63) is 52.8 Å².